The maximum Gasteiger partial charge on any atom is 0.335 e. The standard InChI is InChI=1S/C14H12Br2N4O2/c1-20(11-4-2-3-9(5-11)14(21)22)8-18-19-13-12(16)6-10(15)7-17-13/h2-7H,8H2,1H3,(H,21,22)/b19-18+. The predicted octanol–water partition coefficient (Wildman–Crippen LogP) is 4.48. The van der Waals surface area contributed by atoms with Gasteiger partial charge < -0.3 is 10.0 Å². The fraction of sp³-hybridized carbons (Fsp3) is 0.143. The van der Waals surface area contributed by atoms with Gasteiger partial charge in [0.05, 0.1) is 10.0 Å². The molecule has 1 aromatic carbocycles. The molecule has 114 valence electrons. The van der Waals surface area contributed by atoms with E-state index in [1.807, 2.05) is 19.2 Å². The van der Waals surface area contributed by atoms with Gasteiger partial charge in [0.2, 0.25) is 0 Å². The first-order valence-electron chi connectivity index (χ1n) is 6.20. The zero-order chi connectivity index (χ0) is 16.1. The number of nitrogens with zero attached hydrogens (tertiary/aromatic N) is 4. The number of anilines is 1. The molecule has 0 spiro atoms. The van der Waals surface area contributed by atoms with E-state index in [-0.39, 0.29) is 12.2 Å². The first-order chi connectivity index (χ1) is 10.5. The Morgan fingerprint density at radius 1 is 1.36 bits per heavy atom. The molecule has 6 nitrogen and oxygen atoms in total. The Balaban J connectivity index is 2.06. The quantitative estimate of drug-likeness (QED) is 0.713. The number of hydrogen-bond acceptors (Lipinski definition) is 5. The van der Waals surface area contributed by atoms with E-state index < -0.39 is 5.97 Å². The molecule has 0 atom stereocenters. The molecule has 1 aromatic heterocycles. The van der Waals surface area contributed by atoms with Gasteiger partial charge in [-0.2, -0.15) is 5.11 Å². The van der Waals surface area contributed by atoms with Crippen LogP contribution in [-0.4, -0.2) is 29.8 Å². The average molecular weight is 428 g/mol. The van der Waals surface area contributed by atoms with Gasteiger partial charge in [-0.25, -0.2) is 9.78 Å². The number of pyridine rings is 1. The molecule has 0 aliphatic carbocycles. The molecule has 2 aromatic rings. The average Bonchev–Trinajstić information content (AvgIpc) is 2.49. The van der Waals surface area contributed by atoms with Crippen molar-refractivity contribution in [3.8, 4) is 0 Å². The maximum absolute atomic E-state index is 11.0. The highest BCUT2D eigenvalue weighted by Gasteiger charge is 2.06. The van der Waals surface area contributed by atoms with Crippen molar-refractivity contribution in [2.75, 3.05) is 18.6 Å². The summed E-state index contributed by atoms with van der Waals surface area (Å²) in [4.78, 5) is 16.9. The van der Waals surface area contributed by atoms with Gasteiger partial charge in [-0.15, -0.1) is 5.11 Å². The lowest BCUT2D eigenvalue weighted by molar-refractivity contribution is 0.0697. The van der Waals surface area contributed by atoms with Crippen LogP contribution in [0.5, 0.6) is 0 Å². The largest absolute Gasteiger partial charge is 0.478 e. The summed E-state index contributed by atoms with van der Waals surface area (Å²) in [5.41, 5.74) is 0.986. The highest BCUT2D eigenvalue weighted by molar-refractivity contribution is 9.11. The summed E-state index contributed by atoms with van der Waals surface area (Å²) in [5.74, 6) is -0.476. The lowest BCUT2D eigenvalue weighted by Gasteiger charge is -2.16. The molecule has 0 radical (unpaired) electrons. The first kappa shape index (κ1) is 16.6. The van der Waals surface area contributed by atoms with Crippen LogP contribution in [0.3, 0.4) is 0 Å². The number of hydrogen-bond donors (Lipinski definition) is 1. The van der Waals surface area contributed by atoms with Gasteiger partial charge in [-0.3, -0.25) is 0 Å². The van der Waals surface area contributed by atoms with Crippen LogP contribution < -0.4 is 4.90 Å². The van der Waals surface area contributed by atoms with Crippen LogP contribution in [0.2, 0.25) is 0 Å². The normalized spacial score (nSPS) is 10.9. The third kappa shape index (κ3) is 4.35. The molecule has 0 bridgehead atoms. The second-order valence-electron chi connectivity index (χ2n) is 4.40. The number of benzene rings is 1. The van der Waals surface area contributed by atoms with Gasteiger partial charge in [0.15, 0.2) is 5.82 Å². The van der Waals surface area contributed by atoms with Crippen molar-refractivity contribution in [1.82, 2.24) is 4.98 Å². The molecular weight excluding hydrogens is 416 g/mol. The van der Waals surface area contributed by atoms with Crippen LogP contribution in [-0.2, 0) is 0 Å². The molecule has 0 saturated heterocycles. The zero-order valence-electron chi connectivity index (χ0n) is 11.6. The Hall–Kier alpha value is -1.80. The number of halogens is 2. The molecule has 0 aliphatic rings. The van der Waals surface area contributed by atoms with Gasteiger partial charge in [-0.1, -0.05) is 6.07 Å². The summed E-state index contributed by atoms with van der Waals surface area (Å²) in [6, 6.07) is 8.48. The Labute approximate surface area is 144 Å². The number of carboxylic acids is 1. The lowest BCUT2D eigenvalue weighted by atomic mass is 10.2. The molecule has 1 heterocycles. The SMILES string of the molecule is CN(C/N=N/c1ncc(Br)cc1Br)c1cccc(C(=O)O)c1. The Kier molecular flexibility index (Phi) is 5.62. The molecule has 22 heavy (non-hydrogen) atoms. The van der Waals surface area contributed by atoms with Crippen LogP contribution in [0, 0.1) is 0 Å². The fourth-order valence-electron chi connectivity index (χ4n) is 1.63. The number of carbonyl (C=O) groups is 1. The molecule has 0 aliphatic heterocycles. The maximum atomic E-state index is 11.0. The van der Waals surface area contributed by atoms with Crippen LogP contribution in [0.1, 0.15) is 10.4 Å². The summed E-state index contributed by atoms with van der Waals surface area (Å²) in [6.07, 6.45) is 1.64. The fourth-order valence-corrected chi connectivity index (χ4v) is 2.70. The van der Waals surface area contributed by atoms with Crippen LogP contribution >= 0.6 is 31.9 Å². The van der Waals surface area contributed by atoms with Gasteiger partial charge in [0, 0.05) is 23.4 Å². The molecule has 2 rings (SSSR count). The topological polar surface area (TPSA) is 78.2 Å². The third-order valence-corrected chi connectivity index (χ3v) is 3.78. The zero-order valence-corrected chi connectivity index (χ0v) is 14.7. The Bertz CT molecular complexity index is 722. The van der Waals surface area contributed by atoms with Crippen molar-refractivity contribution in [3.05, 3.63) is 51.0 Å². The second-order valence-corrected chi connectivity index (χ2v) is 6.17. The minimum Gasteiger partial charge on any atom is -0.478 e. The molecule has 8 heteroatoms. The van der Waals surface area contributed by atoms with E-state index >= 15 is 0 Å². The number of rotatable bonds is 5. The van der Waals surface area contributed by atoms with Crippen LogP contribution in [0.25, 0.3) is 0 Å². The second kappa shape index (κ2) is 7.46. The number of azo groups is 1. The van der Waals surface area contributed by atoms with Gasteiger partial charge >= 0.3 is 5.97 Å². The predicted molar refractivity (Wildman–Crippen MR) is 90.8 cm³/mol. The van der Waals surface area contributed by atoms with Gasteiger partial charge in [-0.05, 0) is 56.1 Å². The monoisotopic (exact) mass is 426 g/mol. The summed E-state index contributed by atoms with van der Waals surface area (Å²) >= 11 is 6.68. The van der Waals surface area contributed by atoms with Crippen molar-refractivity contribution < 1.29 is 9.90 Å². The molecule has 0 fully saturated rings. The first-order valence-corrected chi connectivity index (χ1v) is 7.79. The van der Waals surface area contributed by atoms with Gasteiger partial charge in [0.1, 0.15) is 6.67 Å². The van der Waals surface area contributed by atoms with E-state index in [1.165, 1.54) is 0 Å². The number of aromatic carboxylic acids is 1. The smallest absolute Gasteiger partial charge is 0.335 e. The summed E-state index contributed by atoms with van der Waals surface area (Å²) in [5, 5.41) is 17.1. The lowest BCUT2D eigenvalue weighted by Crippen LogP contribution is -2.17. The van der Waals surface area contributed by atoms with Crippen LogP contribution in [0.15, 0.2) is 55.7 Å². The molecule has 0 saturated carbocycles. The van der Waals surface area contributed by atoms with Gasteiger partial charge in [0.25, 0.3) is 0 Å². The van der Waals surface area contributed by atoms with E-state index in [4.69, 9.17) is 5.11 Å². The summed E-state index contributed by atoms with van der Waals surface area (Å²) in [6.45, 7) is 0.285. The minimum atomic E-state index is -0.958. The summed E-state index contributed by atoms with van der Waals surface area (Å²) in [7, 11) is 1.81. The highest BCUT2D eigenvalue weighted by Crippen LogP contribution is 2.26. The minimum absolute atomic E-state index is 0.235. The number of carboxylic acid groups (broad SMARTS) is 1. The Morgan fingerprint density at radius 3 is 2.82 bits per heavy atom. The third-order valence-electron chi connectivity index (χ3n) is 2.76. The van der Waals surface area contributed by atoms with E-state index in [0.717, 1.165) is 14.6 Å². The highest BCUT2D eigenvalue weighted by atomic mass is 79.9. The van der Waals surface area contributed by atoms with E-state index in [0.29, 0.717) is 5.82 Å². The van der Waals surface area contributed by atoms with Crippen LogP contribution in [0.4, 0.5) is 11.5 Å². The summed E-state index contributed by atoms with van der Waals surface area (Å²) < 4.78 is 1.59. The molecule has 0 amide bonds. The van der Waals surface area contributed by atoms with Crippen molar-refractivity contribution in [2.45, 2.75) is 0 Å². The van der Waals surface area contributed by atoms with E-state index in [9.17, 15) is 4.79 Å². The van der Waals surface area contributed by atoms with E-state index in [1.54, 1.807) is 29.3 Å². The van der Waals surface area contributed by atoms with Crippen molar-refractivity contribution >= 4 is 49.3 Å². The van der Waals surface area contributed by atoms with Crippen molar-refractivity contribution in [2.24, 2.45) is 10.2 Å². The Morgan fingerprint density at radius 2 is 2.14 bits per heavy atom. The molecular formula is C14H12Br2N4O2. The molecule has 0 unspecified atom stereocenters. The molecule has 1 N–H and O–H groups in total. The van der Waals surface area contributed by atoms with Crippen molar-refractivity contribution in [1.29, 1.82) is 0 Å². The van der Waals surface area contributed by atoms with Crippen molar-refractivity contribution in [3.63, 3.8) is 0 Å². The number of aromatic nitrogens is 1. The van der Waals surface area contributed by atoms with E-state index in [2.05, 4.69) is 47.1 Å².